The van der Waals surface area contributed by atoms with Crippen molar-refractivity contribution in [2.75, 3.05) is 12.8 Å². The molecule has 0 bridgehead atoms. The molecule has 3 aromatic carbocycles. The number of aromatic nitrogens is 3. The van der Waals surface area contributed by atoms with Crippen LogP contribution in [-0.2, 0) is 0 Å². The predicted molar refractivity (Wildman–Crippen MR) is 149 cm³/mol. The quantitative estimate of drug-likeness (QED) is 0.300. The van der Waals surface area contributed by atoms with Crippen molar-refractivity contribution in [2.24, 2.45) is 0 Å². The number of para-hydroxylation sites is 1. The van der Waals surface area contributed by atoms with Crippen LogP contribution in [0.3, 0.4) is 0 Å². The molecule has 3 N–H and O–H groups in total. The fraction of sp³-hybridized carbons (Fsp3) is 0.103. The molecule has 1 amide bonds. The van der Waals surface area contributed by atoms with Gasteiger partial charge in [0.1, 0.15) is 0 Å². The summed E-state index contributed by atoms with van der Waals surface area (Å²) in [6, 6.07) is 19.7. The summed E-state index contributed by atoms with van der Waals surface area (Å²) in [7, 11) is 1.37. The summed E-state index contributed by atoms with van der Waals surface area (Å²) in [6.45, 7) is 1.74. The zero-order valence-corrected chi connectivity index (χ0v) is 21.7. The Hall–Kier alpha value is -4.76. The number of methoxy groups -OCH3 is 1. The number of nitrogens with two attached hydrogens (primary N) is 1. The third-order valence-corrected chi connectivity index (χ3v) is 6.61. The second-order valence-electron chi connectivity index (χ2n) is 8.78. The van der Waals surface area contributed by atoms with E-state index in [-0.39, 0.29) is 28.5 Å². The maximum Gasteiger partial charge on any atom is 0.274 e. The Morgan fingerprint density at radius 2 is 1.87 bits per heavy atom. The number of hydrogen-bond acceptors (Lipinski definition) is 6. The highest BCUT2D eigenvalue weighted by atomic mass is 35.5. The van der Waals surface area contributed by atoms with Gasteiger partial charge in [-0.05, 0) is 54.8 Å². The van der Waals surface area contributed by atoms with E-state index in [4.69, 9.17) is 22.1 Å². The van der Waals surface area contributed by atoms with Crippen molar-refractivity contribution >= 4 is 34.1 Å². The number of nitrogens with one attached hydrogen (secondary N) is 1. The monoisotopic (exact) mass is 543 g/mol. The molecule has 0 spiro atoms. The smallest absolute Gasteiger partial charge is 0.274 e. The molecule has 1 atom stereocenters. The number of benzene rings is 3. The van der Waals surface area contributed by atoms with E-state index in [2.05, 4.69) is 15.3 Å². The first-order valence-corrected chi connectivity index (χ1v) is 12.3. The molecule has 8 nitrogen and oxygen atoms in total. The Bertz CT molecular complexity index is 1780. The normalized spacial score (nSPS) is 11.8. The lowest BCUT2D eigenvalue weighted by molar-refractivity contribution is 0.0934. The number of nitrogens with zero attached hydrogens (tertiary/aromatic N) is 3. The largest absolute Gasteiger partial charge is 0.494 e. The van der Waals surface area contributed by atoms with Crippen LogP contribution in [0.5, 0.6) is 5.75 Å². The molecule has 2 aromatic heterocycles. The number of carbonyl (C=O) groups excluding carboxylic acids is 1. The Morgan fingerprint density at radius 3 is 2.59 bits per heavy atom. The number of pyridine rings is 1. The molecule has 10 heteroatoms. The van der Waals surface area contributed by atoms with Crippen molar-refractivity contribution in [3.63, 3.8) is 0 Å². The van der Waals surface area contributed by atoms with Gasteiger partial charge in [-0.1, -0.05) is 41.9 Å². The number of rotatable bonds is 6. The highest BCUT2D eigenvalue weighted by molar-refractivity contribution is 6.35. The molecule has 0 aliphatic heterocycles. The van der Waals surface area contributed by atoms with Crippen molar-refractivity contribution in [3.8, 4) is 22.7 Å². The van der Waals surface area contributed by atoms with E-state index in [1.54, 1.807) is 43.3 Å². The van der Waals surface area contributed by atoms with Crippen LogP contribution in [0.2, 0.25) is 5.02 Å². The first-order chi connectivity index (χ1) is 18.8. The third-order valence-electron chi connectivity index (χ3n) is 6.29. The number of fused-ring (bicyclic) bond motifs is 1. The van der Waals surface area contributed by atoms with Crippen LogP contribution >= 0.6 is 11.6 Å². The van der Waals surface area contributed by atoms with Crippen molar-refractivity contribution in [1.82, 2.24) is 19.9 Å². The molecule has 39 heavy (non-hydrogen) atoms. The number of amides is 1. The number of carbonyl (C=O) groups is 1. The third kappa shape index (κ3) is 4.92. The summed E-state index contributed by atoms with van der Waals surface area (Å²) in [5, 5.41) is 4.22. The fourth-order valence-corrected chi connectivity index (χ4v) is 4.63. The Kier molecular flexibility index (Phi) is 7.00. The standard InChI is InChI=1S/C29H23ClFN5O3/c1-16(23-14-18-7-6-10-20(30)25(18)29(38)36(23)19-8-4-3-5-9-19)34-28(37)26-27(32)33-15-22(35-26)17-11-12-24(39-2)21(31)13-17/h3-16H,1-2H3,(H2,32,33)(H,34,37)/t16-/m0/s1. The summed E-state index contributed by atoms with van der Waals surface area (Å²) < 4.78 is 20.7. The summed E-state index contributed by atoms with van der Waals surface area (Å²) in [4.78, 5) is 35.4. The zero-order valence-electron chi connectivity index (χ0n) is 21.0. The van der Waals surface area contributed by atoms with Crippen molar-refractivity contribution in [2.45, 2.75) is 13.0 Å². The van der Waals surface area contributed by atoms with Crippen LogP contribution in [0.15, 0.2) is 83.8 Å². The highest BCUT2D eigenvalue weighted by Crippen LogP contribution is 2.27. The van der Waals surface area contributed by atoms with Crippen molar-refractivity contribution in [3.05, 3.63) is 112 Å². The maximum absolute atomic E-state index is 14.3. The second kappa shape index (κ2) is 10.5. The van der Waals surface area contributed by atoms with Crippen LogP contribution < -0.4 is 21.3 Å². The van der Waals surface area contributed by atoms with Gasteiger partial charge in [-0.3, -0.25) is 14.2 Å². The number of nitrogen functional groups attached to an aromatic ring is 1. The summed E-state index contributed by atoms with van der Waals surface area (Å²) in [5.41, 5.74) is 7.34. The van der Waals surface area contributed by atoms with Gasteiger partial charge in [0, 0.05) is 16.9 Å². The Balaban J connectivity index is 1.54. The highest BCUT2D eigenvalue weighted by Gasteiger charge is 2.22. The van der Waals surface area contributed by atoms with Gasteiger partial charge in [0.05, 0.1) is 35.5 Å². The molecule has 0 saturated carbocycles. The second-order valence-corrected chi connectivity index (χ2v) is 9.19. The lowest BCUT2D eigenvalue weighted by Crippen LogP contribution is -2.33. The number of anilines is 1. The van der Waals surface area contributed by atoms with Crippen LogP contribution in [0.1, 0.15) is 29.1 Å². The minimum atomic E-state index is -0.655. The molecule has 0 aliphatic carbocycles. The van der Waals surface area contributed by atoms with E-state index >= 15 is 0 Å². The van der Waals surface area contributed by atoms with E-state index in [1.807, 2.05) is 24.3 Å². The minimum absolute atomic E-state index is 0.0788. The van der Waals surface area contributed by atoms with E-state index in [0.29, 0.717) is 32.7 Å². The molecule has 0 unspecified atom stereocenters. The maximum atomic E-state index is 14.3. The molecular formula is C29H23ClFN5O3. The van der Waals surface area contributed by atoms with Gasteiger partial charge < -0.3 is 15.8 Å². The predicted octanol–water partition coefficient (Wildman–Crippen LogP) is 5.32. The lowest BCUT2D eigenvalue weighted by Gasteiger charge is -2.21. The lowest BCUT2D eigenvalue weighted by atomic mass is 10.1. The van der Waals surface area contributed by atoms with E-state index in [9.17, 15) is 14.0 Å². The molecule has 196 valence electrons. The Morgan fingerprint density at radius 1 is 1.10 bits per heavy atom. The molecule has 0 fully saturated rings. The first kappa shape index (κ1) is 25.9. The first-order valence-electron chi connectivity index (χ1n) is 12.0. The summed E-state index contributed by atoms with van der Waals surface area (Å²) in [6.07, 6.45) is 1.36. The van der Waals surface area contributed by atoms with Crippen LogP contribution in [0, 0.1) is 5.82 Å². The van der Waals surface area contributed by atoms with Gasteiger partial charge in [-0.15, -0.1) is 0 Å². The van der Waals surface area contributed by atoms with Gasteiger partial charge in [0.15, 0.2) is 23.1 Å². The van der Waals surface area contributed by atoms with Gasteiger partial charge >= 0.3 is 0 Å². The number of halogens is 2. The molecule has 2 heterocycles. The average Bonchev–Trinajstić information content (AvgIpc) is 2.93. The van der Waals surface area contributed by atoms with Crippen molar-refractivity contribution in [1.29, 1.82) is 0 Å². The molecule has 5 rings (SSSR count). The molecular weight excluding hydrogens is 521 g/mol. The summed E-state index contributed by atoms with van der Waals surface area (Å²) >= 11 is 6.38. The topological polar surface area (TPSA) is 112 Å². The van der Waals surface area contributed by atoms with Gasteiger partial charge in [-0.25, -0.2) is 14.4 Å². The van der Waals surface area contributed by atoms with Gasteiger partial charge in [0.25, 0.3) is 11.5 Å². The number of hydrogen-bond donors (Lipinski definition) is 2. The number of ether oxygens (including phenoxy) is 1. The van der Waals surface area contributed by atoms with Gasteiger partial charge in [-0.2, -0.15) is 0 Å². The van der Waals surface area contributed by atoms with Crippen LogP contribution in [0.25, 0.3) is 27.7 Å². The van der Waals surface area contributed by atoms with Gasteiger partial charge in [0.2, 0.25) is 0 Å². The minimum Gasteiger partial charge on any atom is -0.494 e. The molecule has 0 radical (unpaired) electrons. The molecule has 0 aliphatic rings. The van der Waals surface area contributed by atoms with E-state index < -0.39 is 17.8 Å². The summed E-state index contributed by atoms with van der Waals surface area (Å²) in [5.74, 6) is -1.21. The van der Waals surface area contributed by atoms with E-state index in [1.165, 1.54) is 30.0 Å². The van der Waals surface area contributed by atoms with E-state index in [0.717, 1.165) is 0 Å². The Labute approximate surface area is 227 Å². The molecule has 0 saturated heterocycles. The van der Waals surface area contributed by atoms with Crippen LogP contribution in [0.4, 0.5) is 10.2 Å². The SMILES string of the molecule is COc1ccc(-c2cnc(N)c(C(=O)N[C@@H](C)c3cc4cccc(Cl)c4c(=O)n3-c3ccccc3)n2)cc1F. The van der Waals surface area contributed by atoms with Crippen molar-refractivity contribution < 1.29 is 13.9 Å². The average molecular weight is 544 g/mol. The zero-order chi connectivity index (χ0) is 27.7. The molecule has 5 aromatic rings. The van der Waals surface area contributed by atoms with Crippen LogP contribution in [-0.4, -0.2) is 27.6 Å². The fourth-order valence-electron chi connectivity index (χ4n) is 4.37.